The molecule has 0 unspecified atom stereocenters. The van der Waals surface area contributed by atoms with Gasteiger partial charge in [0, 0.05) is 18.7 Å². The molecule has 2 aromatic carbocycles. The summed E-state index contributed by atoms with van der Waals surface area (Å²) in [5.41, 5.74) is 1.19. The van der Waals surface area contributed by atoms with E-state index in [0.717, 1.165) is 25.3 Å². The molecule has 0 fully saturated rings. The Morgan fingerprint density at radius 3 is 2.70 bits per heavy atom. The minimum absolute atomic E-state index is 0.160. The molecule has 2 aromatic rings. The van der Waals surface area contributed by atoms with Crippen LogP contribution < -0.4 is 10.1 Å². The van der Waals surface area contributed by atoms with E-state index in [0.29, 0.717) is 0 Å². The predicted molar refractivity (Wildman–Crippen MR) is 83.1 cm³/mol. The molecule has 0 amide bonds. The van der Waals surface area contributed by atoms with Crippen LogP contribution in [0.1, 0.15) is 25.8 Å². The number of aliphatic hydroxyl groups excluding tert-OH is 1. The minimum atomic E-state index is 0.160. The second kappa shape index (κ2) is 7.27. The predicted octanol–water partition coefficient (Wildman–Crippen LogP) is 3.10. The third kappa shape index (κ3) is 3.71. The van der Waals surface area contributed by atoms with Crippen molar-refractivity contribution in [3.8, 4) is 5.75 Å². The van der Waals surface area contributed by atoms with Gasteiger partial charge in [-0.05, 0) is 43.7 Å². The maximum absolute atomic E-state index is 8.84. The van der Waals surface area contributed by atoms with Gasteiger partial charge in [-0.3, -0.25) is 0 Å². The third-order valence-corrected chi connectivity index (χ3v) is 3.17. The molecule has 2 N–H and O–H groups in total. The zero-order valence-corrected chi connectivity index (χ0v) is 12.2. The minimum Gasteiger partial charge on any atom is -0.491 e. The Hall–Kier alpha value is -1.58. The van der Waals surface area contributed by atoms with Gasteiger partial charge in [0.2, 0.25) is 0 Å². The van der Waals surface area contributed by atoms with Crippen LogP contribution in [-0.2, 0) is 6.54 Å². The van der Waals surface area contributed by atoms with Crippen molar-refractivity contribution in [3.63, 3.8) is 0 Å². The maximum Gasteiger partial charge on any atom is 0.124 e. The standard InChI is InChI=1S/C17H23NO2/c1-13(2)20-17-9-8-14-6-3-4-7-15(14)16(17)12-18-10-5-11-19/h3-4,6-9,13,18-19H,5,10-12H2,1-2H3. The lowest BCUT2D eigenvalue weighted by atomic mass is 10.0. The van der Waals surface area contributed by atoms with Crippen molar-refractivity contribution in [2.45, 2.75) is 32.9 Å². The highest BCUT2D eigenvalue weighted by molar-refractivity contribution is 5.87. The van der Waals surface area contributed by atoms with E-state index in [1.807, 2.05) is 26.0 Å². The molecule has 3 nitrogen and oxygen atoms in total. The molecule has 0 aromatic heterocycles. The second-order valence-corrected chi connectivity index (χ2v) is 5.18. The fourth-order valence-electron chi connectivity index (χ4n) is 2.28. The summed E-state index contributed by atoms with van der Waals surface area (Å²) in [4.78, 5) is 0. The number of aliphatic hydroxyl groups is 1. The van der Waals surface area contributed by atoms with Crippen LogP contribution in [0.3, 0.4) is 0 Å². The van der Waals surface area contributed by atoms with Crippen LogP contribution in [0.5, 0.6) is 5.75 Å². The first-order valence-corrected chi connectivity index (χ1v) is 7.21. The highest BCUT2D eigenvalue weighted by atomic mass is 16.5. The van der Waals surface area contributed by atoms with Crippen LogP contribution in [0.25, 0.3) is 10.8 Å². The molecule has 0 spiro atoms. The van der Waals surface area contributed by atoms with Crippen LogP contribution in [0.15, 0.2) is 36.4 Å². The van der Waals surface area contributed by atoms with Gasteiger partial charge < -0.3 is 15.2 Å². The van der Waals surface area contributed by atoms with Gasteiger partial charge in [0.05, 0.1) is 6.10 Å². The molecule has 3 heteroatoms. The normalized spacial score (nSPS) is 11.2. The summed E-state index contributed by atoms with van der Waals surface area (Å²) in [5, 5.41) is 14.7. The van der Waals surface area contributed by atoms with E-state index in [2.05, 4.69) is 29.6 Å². The van der Waals surface area contributed by atoms with Crippen LogP contribution in [0.2, 0.25) is 0 Å². The third-order valence-electron chi connectivity index (χ3n) is 3.17. The van der Waals surface area contributed by atoms with Crippen LogP contribution in [0, 0.1) is 0 Å². The lowest BCUT2D eigenvalue weighted by Gasteiger charge is -2.17. The van der Waals surface area contributed by atoms with Crippen LogP contribution in [-0.4, -0.2) is 24.4 Å². The summed E-state index contributed by atoms with van der Waals surface area (Å²) in [5.74, 6) is 0.940. The van der Waals surface area contributed by atoms with Gasteiger partial charge in [-0.2, -0.15) is 0 Å². The van der Waals surface area contributed by atoms with Gasteiger partial charge in [0.25, 0.3) is 0 Å². The zero-order valence-electron chi connectivity index (χ0n) is 12.2. The maximum atomic E-state index is 8.84. The molecule has 20 heavy (non-hydrogen) atoms. The molecule has 0 saturated heterocycles. The lowest BCUT2D eigenvalue weighted by Crippen LogP contribution is -2.17. The molecule has 0 aliphatic rings. The van der Waals surface area contributed by atoms with E-state index in [-0.39, 0.29) is 12.7 Å². The van der Waals surface area contributed by atoms with E-state index >= 15 is 0 Å². The summed E-state index contributed by atoms with van der Waals surface area (Å²) in [7, 11) is 0. The molecule has 0 saturated carbocycles. The average Bonchev–Trinajstić information content (AvgIpc) is 2.44. The van der Waals surface area contributed by atoms with Gasteiger partial charge in [0.15, 0.2) is 0 Å². The molecule has 108 valence electrons. The monoisotopic (exact) mass is 273 g/mol. The van der Waals surface area contributed by atoms with E-state index in [1.165, 1.54) is 16.3 Å². The van der Waals surface area contributed by atoms with Crippen molar-refractivity contribution in [1.29, 1.82) is 0 Å². The van der Waals surface area contributed by atoms with Gasteiger partial charge in [0.1, 0.15) is 5.75 Å². The first-order valence-electron chi connectivity index (χ1n) is 7.21. The molecular formula is C17H23NO2. The van der Waals surface area contributed by atoms with E-state index in [4.69, 9.17) is 9.84 Å². The van der Waals surface area contributed by atoms with Crippen molar-refractivity contribution in [2.75, 3.05) is 13.2 Å². The summed E-state index contributed by atoms with van der Waals surface area (Å²) in [6.07, 6.45) is 0.929. The number of benzene rings is 2. The van der Waals surface area contributed by atoms with Crippen LogP contribution >= 0.6 is 0 Å². The van der Waals surface area contributed by atoms with Crippen molar-refractivity contribution < 1.29 is 9.84 Å². The molecule has 2 rings (SSSR count). The molecule has 0 aliphatic carbocycles. The molecule has 0 aliphatic heterocycles. The second-order valence-electron chi connectivity index (χ2n) is 5.18. The number of nitrogens with one attached hydrogen (secondary N) is 1. The zero-order chi connectivity index (χ0) is 14.4. The summed E-state index contributed by atoms with van der Waals surface area (Å²) in [6, 6.07) is 12.5. The Bertz CT molecular complexity index is 552. The Morgan fingerprint density at radius 1 is 1.15 bits per heavy atom. The molecule has 0 atom stereocenters. The quantitative estimate of drug-likeness (QED) is 0.762. The van der Waals surface area contributed by atoms with Gasteiger partial charge in [-0.1, -0.05) is 30.3 Å². The Labute approximate surface area is 120 Å². The summed E-state index contributed by atoms with van der Waals surface area (Å²) >= 11 is 0. The van der Waals surface area contributed by atoms with Gasteiger partial charge in [-0.25, -0.2) is 0 Å². The number of hydrogen-bond donors (Lipinski definition) is 2. The van der Waals surface area contributed by atoms with Crippen molar-refractivity contribution in [1.82, 2.24) is 5.32 Å². The topological polar surface area (TPSA) is 41.5 Å². The van der Waals surface area contributed by atoms with Gasteiger partial charge >= 0.3 is 0 Å². The van der Waals surface area contributed by atoms with Crippen molar-refractivity contribution in [3.05, 3.63) is 42.0 Å². The Kier molecular flexibility index (Phi) is 5.39. The fraction of sp³-hybridized carbons (Fsp3) is 0.412. The summed E-state index contributed by atoms with van der Waals surface area (Å²) in [6.45, 7) is 5.86. The first-order chi connectivity index (χ1) is 9.72. The highest BCUT2D eigenvalue weighted by Crippen LogP contribution is 2.28. The van der Waals surface area contributed by atoms with Crippen molar-refractivity contribution in [2.24, 2.45) is 0 Å². The van der Waals surface area contributed by atoms with E-state index < -0.39 is 0 Å². The Balaban J connectivity index is 2.29. The molecular weight excluding hydrogens is 250 g/mol. The summed E-state index contributed by atoms with van der Waals surface area (Å²) < 4.78 is 5.92. The van der Waals surface area contributed by atoms with E-state index in [9.17, 15) is 0 Å². The number of ether oxygens (including phenoxy) is 1. The van der Waals surface area contributed by atoms with E-state index in [1.54, 1.807) is 0 Å². The molecule has 0 heterocycles. The number of hydrogen-bond acceptors (Lipinski definition) is 3. The SMILES string of the molecule is CC(C)Oc1ccc2ccccc2c1CNCCCO. The van der Waals surface area contributed by atoms with Crippen LogP contribution in [0.4, 0.5) is 0 Å². The largest absolute Gasteiger partial charge is 0.491 e. The average molecular weight is 273 g/mol. The number of rotatable bonds is 7. The first kappa shape index (κ1) is 14.8. The lowest BCUT2D eigenvalue weighted by molar-refractivity contribution is 0.240. The van der Waals surface area contributed by atoms with Crippen molar-refractivity contribution >= 4 is 10.8 Å². The van der Waals surface area contributed by atoms with Gasteiger partial charge in [-0.15, -0.1) is 0 Å². The number of fused-ring (bicyclic) bond motifs is 1. The Morgan fingerprint density at radius 2 is 1.95 bits per heavy atom. The molecule has 0 radical (unpaired) electrons. The highest BCUT2D eigenvalue weighted by Gasteiger charge is 2.09. The smallest absolute Gasteiger partial charge is 0.124 e. The molecule has 0 bridgehead atoms. The fourth-order valence-corrected chi connectivity index (χ4v) is 2.28.